The van der Waals surface area contributed by atoms with Gasteiger partial charge in [0.25, 0.3) is 10.0 Å². The number of anilines is 2. The Morgan fingerprint density at radius 1 is 1.04 bits per heavy atom. The van der Waals surface area contributed by atoms with Crippen LogP contribution in [-0.4, -0.2) is 34.0 Å². The molecule has 6 nitrogen and oxygen atoms in total. The van der Waals surface area contributed by atoms with Crippen LogP contribution in [-0.2, 0) is 14.8 Å². The summed E-state index contributed by atoms with van der Waals surface area (Å²) in [6.07, 6.45) is 2.43. The molecule has 0 spiro atoms. The Bertz CT molecular complexity index is 968. The van der Waals surface area contributed by atoms with E-state index >= 15 is 0 Å². The Hall–Kier alpha value is -2.54. The summed E-state index contributed by atoms with van der Waals surface area (Å²) < 4.78 is 33.6. The lowest BCUT2D eigenvalue weighted by atomic mass is 10.2. The van der Waals surface area contributed by atoms with Gasteiger partial charge in [0.15, 0.2) is 0 Å². The molecule has 28 heavy (non-hydrogen) atoms. The molecule has 2 aromatic rings. The molecular weight excluding hydrogens is 376 g/mol. The van der Waals surface area contributed by atoms with E-state index in [-0.39, 0.29) is 16.7 Å². The highest BCUT2D eigenvalue weighted by Gasteiger charge is 2.37. The van der Waals surface area contributed by atoms with Crippen molar-refractivity contribution in [3.8, 4) is 5.75 Å². The van der Waals surface area contributed by atoms with Gasteiger partial charge in [-0.25, -0.2) is 8.42 Å². The normalized spacial score (nSPS) is 17.0. The van der Waals surface area contributed by atoms with Crippen LogP contribution in [0.3, 0.4) is 0 Å². The smallest absolute Gasteiger partial charge is 0.264 e. The zero-order chi connectivity index (χ0) is 19.7. The standard InChI is InChI=1S/C21H24N2O4S/c1-2-27-17-10-12-18(13-11-17)28(25,26)23-15-5-14-22(21(24)16-8-9-16)19-6-3-4-7-20(19)23/h3-4,6-7,10-13,16H,2,5,8-9,14-15H2,1H3. The SMILES string of the molecule is CCOc1ccc(S(=O)(=O)N2CCCN(C(=O)C3CC3)c3ccccc32)cc1. The van der Waals surface area contributed by atoms with E-state index in [4.69, 9.17) is 4.74 Å². The van der Waals surface area contributed by atoms with E-state index in [1.165, 1.54) is 4.31 Å². The molecule has 1 heterocycles. The molecule has 1 fully saturated rings. The van der Waals surface area contributed by atoms with E-state index in [1.807, 2.05) is 25.1 Å². The second kappa shape index (κ2) is 7.47. The number of para-hydroxylation sites is 2. The fourth-order valence-corrected chi connectivity index (χ4v) is 5.06. The van der Waals surface area contributed by atoms with E-state index in [1.54, 1.807) is 35.2 Å². The van der Waals surface area contributed by atoms with Crippen molar-refractivity contribution in [1.82, 2.24) is 0 Å². The lowest BCUT2D eigenvalue weighted by Crippen LogP contribution is -2.32. The quantitative estimate of drug-likeness (QED) is 0.771. The van der Waals surface area contributed by atoms with Crippen LogP contribution in [0.15, 0.2) is 53.4 Å². The predicted molar refractivity (Wildman–Crippen MR) is 108 cm³/mol. The summed E-state index contributed by atoms with van der Waals surface area (Å²) in [6, 6.07) is 13.7. The molecule has 0 unspecified atom stereocenters. The maximum Gasteiger partial charge on any atom is 0.264 e. The van der Waals surface area contributed by atoms with E-state index in [2.05, 4.69) is 0 Å². The minimum absolute atomic E-state index is 0.0855. The van der Waals surface area contributed by atoms with Gasteiger partial charge in [-0.2, -0.15) is 0 Å². The average Bonchev–Trinajstić information content (AvgIpc) is 3.55. The monoisotopic (exact) mass is 400 g/mol. The largest absolute Gasteiger partial charge is 0.494 e. The van der Waals surface area contributed by atoms with Crippen LogP contribution in [0.2, 0.25) is 0 Å². The van der Waals surface area contributed by atoms with Crippen molar-refractivity contribution in [2.24, 2.45) is 5.92 Å². The summed E-state index contributed by atoms with van der Waals surface area (Å²) in [6.45, 7) is 3.27. The predicted octanol–water partition coefficient (Wildman–Crippen LogP) is 3.43. The van der Waals surface area contributed by atoms with Gasteiger partial charge in [-0.15, -0.1) is 0 Å². The number of hydrogen-bond acceptors (Lipinski definition) is 4. The second-order valence-electron chi connectivity index (χ2n) is 7.09. The highest BCUT2D eigenvalue weighted by Crippen LogP contribution is 2.39. The molecule has 0 atom stereocenters. The zero-order valence-corrected chi connectivity index (χ0v) is 16.7. The Labute approximate surface area is 165 Å². The van der Waals surface area contributed by atoms with Crippen LogP contribution in [0.4, 0.5) is 11.4 Å². The summed E-state index contributed by atoms with van der Waals surface area (Å²) in [4.78, 5) is 14.7. The van der Waals surface area contributed by atoms with Gasteiger partial charge in [0, 0.05) is 19.0 Å². The number of carbonyl (C=O) groups is 1. The Morgan fingerprint density at radius 3 is 2.36 bits per heavy atom. The first-order valence-electron chi connectivity index (χ1n) is 9.68. The maximum absolute atomic E-state index is 13.4. The summed E-state index contributed by atoms with van der Waals surface area (Å²) in [5.41, 5.74) is 1.23. The van der Waals surface area contributed by atoms with Gasteiger partial charge in [-0.3, -0.25) is 9.10 Å². The first kappa shape index (κ1) is 18.8. The molecule has 0 bridgehead atoms. The van der Waals surface area contributed by atoms with Gasteiger partial charge in [0.2, 0.25) is 5.91 Å². The average molecular weight is 401 g/mol. The van der Waals surface area contributed by atoms with Crippen LogP contribution in [0.5, 0.6) is 5.75 Å². The van der Waals surface area contributed by atoms with Crippen molar-refractivity contribution < 1.29 is 17.9 Å². The molecule has 148 valence electrons. The van der Waals surface area contributed by atoms with Crippen LogP contribution in [0, 0.1) is 5.92 Å². The van der Waals surface area contributed by atoms with Gasteiger partial charge in [0.1, 0.15) is 5.75 Å². The number of fused-ring (bicyclic) bond motifs is 1. The van der Waals surface area contributed by atoms with Crippen molar-refractivity contribution in [3.63, 3.8) is 0 Å². The number of hydrogen-bond donors (Lipinski definition) is 0. The molecular formula is C21H24N2O4S. The molecule has 0 N–H and O–H groups in total. The first-order valence-corrected chi connectivity index (χ1v) is 11.1. The third-order valence-electron chi connectivity index (χ3n) is 5.10. The number of sulfonamides is 1. The topological polar surface area (TPSA) is 66.9 Å². The van der Waals surface area contributed by atoms with Crippen LogP contribution >= 0.6 is 0 Å². The van der Waals surface area contributed by atoms with Crippen molar-refractivity contribution in [3.05, 3.63) is 48.5 Å². The second-order valence-corrected chi connectivity index (χ2v) is 8.95. The van der Waals surface area contributed by atoms with Crippen molar-refractivity contribution in [2.75, 3.05) is 28.9 Å². The summed E-state index contributed by atoms with van der Waals surface area (Å²) in [7, 11) is -3.74. The minimum Gasteiger partial charge on any atom is -0.494 e. The Balaban J connectivity index is 1.71. The Morgan fingerprint density at radius 2 is 1.71 bits per heavy atom. The summed E-state index contributed by atoms with van der Waals surface area (Å²) in [5, 5.41) is 0. The number of ether oxygens (including phenoxy) is 1. The lowest BCUT2D eigenvalue weighted by molar-refractivity contribution is -0.119. The lowest BCUT2D eigenvalue weighted by Gasteiger charge is -2.26. The molecule has 4 rings (SSSR count). The third-order valence-corrected chi connectivity index (χ3v) is 6.93. The number of benzene rings is 2. The highest BCUT2D eigenvalue weighted by atomic mass is 32.2. The molecule has 0 aromatic heterocycles. The van der Waals surface area contributed by atoms with Crippen LogP contribution < -0.4 is 13.9 Å². The van der Waals surface area contributed by atoms with Crippen molar-refractivity contribution in [2.45, 2.75) is 31.1 Å². The number of carbonyl (C=O) groups excluding carboxylic acids is 1. The summed E-state index contributed by atoms with van der Waals surface area (Å²) >= 11 is 0. The van der Waals surface area contributed by atoms with Gasteiger partial charge in [-0.05, 0) is 62.6 Å². The maximum atomic E-state index is 13.4. The van der Waals surface area contributed by atoms with E-state index in [0.29, 0.717) is 43.2 Å². The minimum atomic E-state index is -3.74. The van der Waals surface area contributed by atoms with Gasteiger partial charge in [0.05, 0.1) is 22.9 Å². The van der Waals surface area contributed by atoms with Gasteiger partial charge >= 0.3 is 0 Å². The molecule has 2 aromatic carbocycles. The number of nitrogens with zero attached hydrogens (tertiary/aromatic N) is 2. The third kappa shape index (κ3) is 3.46. The van der Waals surface area contributed by atoms with E-state index in [0.717, 1.165) is 12.8 Å². The fourth-order valence-electron chi connectivity index (χ4n) is 3.55. The molecule has 1 saturated carbocycles. The van der Waals surface area contributed by atoms with Crippen molar-refractivity contribution >= 4 is 27.3 Å². The number of rotatable bonds is 5. The highest BCUT2D eigenvalue weighted by molar-refractivity contribution is 7.92. The molecule has 1 aliphatic heterocycles. The van der Waals surface area contributed by atoms with E-state index < -0.39 is 10.0 Å². The van der Waals surface area contributed by atoms with E-state index in [9.17, 15) is 13.2 Å². The molecule has 1 aliphatic carbocycles. The van der Waals surface area contributed by atoms with Crippen molar-refractivity contribution in [1.29, 1.82) is 0 Å². The summed E-state index contributed by atoms with van der Waals surface area (Å²) in [5.74, 6) is 0.828. The van der Waals surface area contributed by atoms with Crippen LogP contribution in [0.25, 0.3) is 0 Å². The molecule has 7 heteroatoms. The molecule has 2 aliphatic rings. The first-order chi connectivity index (χ1) is 13.5. The molecule has 1 amide bonds. The molecule has 0 saturated heterocycles. The van der Waals surface area contributed by atoms with Gasteiger partial charge in [-0.1, -0.05) is 12.1 Å². The van der Waals surface area contributed by atoms with Crippen LogP contribution in [0.1, 0.15) is 26.2 Å². The Kier molecular flexibility index (Phi) is 5.02. The van der Waals surface area contributed by atoms with Gasteiger partial charge < -0.3 is 9.64 Å². The zero-order valence-electron chi connectivity index (χ0n) is 15.9. The fraction of sp³-hybridized carbons (Fsp3) is 0.381. The molecule has 0 radical (unpaired) electrons. The number of amides is 1.